The number of nitrogens with one attached hydrogen (secondary N) is 1. The highest BCUT2D eigenvalue weighted by Crippen LogP contribution is 2.29. The maximum atomic E-state index is 13.5. The van der Waals surface area contributed by atoms with Gasteiger partial charge in [-0.2, -0.15) is 0 Å². The van der Waals surface area contributed by atoms with Crippen molar-refractivity contribution >= 4 is 17.3 Å². The predicted octanol–water partition coefficient (Wildman–Crippen LogP) is 2.69. The normalized spacial score (nSPS) is 15.2. The van der Waals surface area contributed by atoms with Crippen molar-refractivity contribution in [3.05, 3.63) is 59.7 Å². The molecule has 0 radical (unpaired) electrons. The zero-order valence-corrected chi connectivity index (χ0v) is 14.1. The first-order chi connectivity index (χ1) is 12.5. The molecule has 3 rings (SSSR count). The number of halogens is 2. The highest BCUT2D eigenvalue weighted by molar-refractivity contribution is 5.96. The molecule has 0 saturated heterocycles. The van der Waals surface area contributed by atoms with Crippen molar-refractivity contribution < 1.29 is 23.4 Å². The number of carbonyl (C=O) groups excluding carboxylic acids is 1. The van der Waals surface area contributed by atoms with Crippen LogP contribution in [0, 0.1) is 11.6 Å². The van der Waals surface area contributed by atoms with Gasteiger partial charge in [0, 0.05) is 25.1 Å². The molecule has 7 heteroatoms. The van der Waals surface area contributed by atoms with Gasteiger partial charge in [-0.3, -0.25) is 4.79 Å². The molecule has 26 heavy (non-hydrogen) atoms. The van der Waals surface area contributed by atoms with Crippen LogP contribution >= 0.6 is 0 Å². The minimum absolute atomic E-state index is 0.0166. The van der Waals surface area contributed by atoms with E-state index in [0.717, 1.165) is 0 Å². The number of aliphatic hydroxyl groups excluding tert-OH is 1. The summed E-state index contributed by atoms with van der Waals surface area (Å²) in [5.41, 5.74) is 1.45. The summed E-state index contributed by atoms with van der Waals surface area (Å²) >= 11 is 0. The topological polar surface area (TPSA) is 61.8 Å². The number of ether oxygens (including phenoxy) is 1. The first-order valence-corrected chi connectivity index (χ1v) is 8.36. The third-order valence-electron chi connectivity index (χ3n) is 4.14. The molecule has 5 nitrogen and oxygen atoms in total. The first-order valence-electron chi connectivity index (χ1n) is 8.36. The van der Waals surface area contributed by atoms with Crippen LogP contribution in [0.15, 0.2) is 42.5 Å². The number of amides is 1. The van der Waals surface area contributed by atoms with Crippen molar-refractivity contribution in [2.75, 3.05) is 29.9 Å². The summed E-state index contributed by atoms with van der Waals surface area (Å²) in [4.78, 5) is 13.6. The molecule has 138 valence electrons. The first kappa shape index (κ1) is 18.3. The molecule has 0 bridgehead atoms. The number of benzene rings is 2. The quantitative estimate of drug-likeness (QED) is 0.830. The number of rotatable bonds is 6. The number of hydrogen-bond donors (Lipinski definition) is 2. The molecule has 1 aliphatic heterocycles. The summed E-state index contributed by atoms with van der Waals surface area (Å²) < 4.78 is 32.4. The summed E-state index contributed by atoms with van der Waals surface area (Å²) in [6.07, 6.45) is -0.605. The van der Waals surface area contributed by atoms with E-state index in [1.807, 2.05) is 4.90 Å². The zero-order chi connectivity index (χ0) is 18.5. The molecule has 2 N–H and O–H groups in total. The standard InChI is InChI=1S/C19H20F2N2O3/c20-14-5-6-18-17(9-14)22-19(25)7-8-23(18)10-15(24)12-26-11-13-3-1-2-4-16(13)21/h1-6,9,15,24H,7-8,10-12H2,(H,22,25). The monoisotopic (exact) mass is 362 g/mol. The van der Waals surface area contributed by atoms with Crippen molar-refractivity contribution in [1.82, 2.24) is 0 Å². The molecule has 2 aromatic rings. The average molecular weight is 362 g/mol. The third kappa shape index (κ3) is 4.56. The number of aliphatic hydroxyl groups is 1. The van der Waals surface area contributed by atoms with Crippen LogP contribution in [0.2, 0.25) is 0 Å². The SMILES string of the molecule is O=C1CCN(CC(O)COCc2ccccc2F)c2ccc(F)cc2N1. The summed E-state index contributed by atoms with van der Waals surface area (Å²) in [6, 6.07) is 10.4. The fourth-order valence-corrected chi connectivity index (χ4v) is 2.87. The number of anilines is 2. The Morgan fingerprint density at radius 2 is 2.04 bits per heavy atom. The molecule has 0 spiro atoms. The van der Waals surface area contributed by atoms with Gasteiger partial charge in [-0.05, 0) is 24.3 Å². The molecular weight excluding hydrogens is 342 g/mol. The second-order valence-electron chi connectivity index (χ2n) is 6.17. The molecule has 2 aromatic carbocycles. The largest absolute Gasteiger partial charge is 0.389 e. The lowest BCUT2D eigenvalue weighted by Crippen LogP contribution is -2.35. The summed E-state index contributed by atoms with van der Waals surface area (Å²) in [6.45, 7) is 0.689. The molecule has 1 unspecified atom stereocenters. The minimum atomic E-state index is -0.840. The van der Waals surface area contributed by atoms with Crippen LogP contribution in [-0.2, 0) is 16.1 Å². The highest BCUT2D eigenvalue weighted by Gasteiger charge is 2.21. The van der Waals surface area contributed by atoms with Gasteiger partial charge < -0.3 is 20.1 Å². The van der Waals surface area contributed by atoms with Crippen LogP contribution in [-0.4, -0.2) is 36.8 Å². The van der Waals surface area contributed by atoms with Gasteiger partial charge in [0.1, 0.15) is 11.6 Å². The highest BCUT2D eigenvalue weighted by atomic mass is 19.1. The fraction of sp³-hybridized carbons (Fsp3) is 0.316. The molecule has 0 saturated carbocycles. The van der Waals surface area contributed by atoms with E-state index in [0.29, 0.717) is 23.5 Å². The second-order valence-corrected chi connectivity index (χ2v) is 6.17. The number of β-amino-alcohol motifs (C(OH)–C–C–N with tert-alkyl or cyclic N) is 1. The predicted molar refractivity (Wildman–Crippen MR) is 93.9 cm³/mol. The lowest BCUT2D eigenvalue weighted by molar-refractivity contribution is -0.116. The minimum Gasteiger partial charge on any atom is -0.389 e. The molecule has 1 atom stereocenters. The molecule has 1 heterocycles. The molecule has 0 aromatic heterocycles. The molecule has 0 aliphatic carbocycles. The Labute approximate surface area is 150 Å². The Bertz CT molecular complexity index is 785. The van der Waals surface area contributed by atoms with Gasteiger partial charge >= 0.3 is 0 Å². The Morgan fingerprint density at radius 1 is 1.23 bits per heavy atom. The van der Waals surface area contributed by atoms with E-state index in [1.165, 1.54) is 18.2 Å². The van der Waals surface area contributed by atoms with Crippen molar-refractivity contribution in [3.63, 3.8) is 0 Å². The third-order valence-corrected chi connectivity index (χ3v) is 4.14. The van der Waals surface area contributed by atoms with E-state index >= 15 is 0 Å². The lowest BCUT2D eigenvalue weighted by atomic mass is 10.2. The van der Waals surface area contributed by atoms with Gasteiger partial charge in [0.05, 0.1) is 30.7 Å². The number of fused-ring (bicyclic) bond motifs is 1. The maximum Gasteiger partial charge on any atom is 0.226 e. The van der Waals surface area contributed by atoms with E-state index in [2.05, 4.69) is 5.32 Å². The number of carbonyl (C=O) groups is 1. The van der Waals surface area contributed by atoms with E-state index in [-0.39, 0.29) is 37.9 Å². The van der Waals surface area contributed by atoms with Gasteiger partial charge in [-0.25, -0.2) is 8.78 Å². The van der Waals surface area contributed by atoms with Crippen LogP contribution < -0.4 is 10.2 Å². The van der Waals surface area contributed by atoms with Crippen LogP contribution in [0.5, 0.6) is 0 Å². The van der Waals surface area contributed by atoms with E-state index in [4.69, 9.17) is 4.74 Å². The number of nitrogens with zero attached hydrogens (tertiary/aromatic N) is 1. The van der Waals surface area contributed by atoms with Crippen molar-refractivity contribution in [2.24, 2.45) is 0 Å². The van der Waals surface area contributed by atoms with Crippen molar-refractivity contribution in [3.8, 4) is 0 Å². The molecule has 1 amide bonds. The summed E-state index contributed by atoms with van der Waals surface area (Å²) in [7, 11) is 0. The van der Waals surface area contributed by atoms with Gasteiger partial charge in [-0.1, -0.05) is 18.2 Å². The summed E-state index contributed by atoms with van der Waals surface area (Å²) in [5, 5.41) is 12.9. The second kappa shape index (κ2) is 8.25. The fourth-order valence-electron chi connectivity index (χ4n) is 2.87. The van der Waals surface area contributed by atoms with Crippen molar-refractivity contribution in [2.45, 2.75) is 19.1 Å². The Hall–Kier alpha value is -2.51. The number of hydrogen-bond acceptors (Lipinski definition) is 4. The molecule has 1 aliphatic rings. The van der Waals surface area contributed by atoms with E-state index in [9.17, 15) is 18.7 Å². The van der Waals surface area contributed by atoms with Crippen LogP contribution in [0.1, 0.15) is 12.0 Å². The van der Waals surface area contributed by atoms with Gasteiger partial charge in [0.15, 0.2) is 0 Å². The van der Waals surface area contributed by atoms with Gasteiger partial charge in [0.25, 0.3) is 0 Å². The summed E-state index contributed by atoms with van der Waals surface area (Å²) in [5.74, 6) is -1.00. The van der Waals surface area contributed by atoms with Gasteiger partial charge in [-0.15, -0.1) is 0 Å². The van der Waals surface area contributed by atoms with E-state index < -0.39 is 11.9 Å². The van der Waals surface area contributed by atoms with Crippen LogP contribution in [0.25, 0.3) is 0 Å². The van der Waals surface area contributed by atoms with Crippen LogP contribution in [0.4, 0.5) is 20.2 Å². The molecular formula is C19H20F2N2O3. The Morgan fingerprint density at radius 3 is 2.85 bits per heavy atom. The molecule has 0 fully saturated rings. The average Bonchev–Trinajstić information content (AvgIpc) is 2.75. The lowest BCUT2D eigenvalue weighted by Gasteiger charge is -2.26. The Balaban J connectivity index is 1.59. The van der Waals surface area contributed by atoms with Crippen molar-refractivity contribution in [1.29, 1.82) is 0 Å². The Kier molecular flexibility index (Phi) is 5.80. The van der Waals surface area contributed by atoms with E-state index in [1.54, 1.807) is 24.3 Å². The smallest absolute Gasteiger partial charge is 0.226 e. The van der Waals surface area contributed by atoms with Crippen LogP contribution in [0.3, 0.4) is 0 Å². The zero-order valence-electron chi connectivity index (χ0n) is 14.1. The maximum absolute atomic E-state index is 13.5. The van der Waals surface area contributed by atoms with Gasteiger partial charge in [0.2, 0.25) is 5.91 Å².